The minimum Gasteiger partial charge on any atom is -0.370 e. The first-order valence-electron chi connectivity index (χ1n) is 5.92. The summed E-state index contributed by atoms with van der Waals surface area (Å²) in [5.74, 6) is 3.75. The van der Waals surface area contributed by atoms with Crippen LogP contribution in [0.3, 0.4) is 0 Å². The Kier molecular flexibility index (Phi) is 5.14. The lowest BCUT2D eigenvalue weighted by molar-refractivity contribution is -0.137. The fourth-order valence-corrected chi connectivity index (χ4v) is 1.69. The van der Waals surface area contributed by atoms with E-state index in [2.05, 4.69) is 10.7 Å². The van der Waals surface area contributed by atoms with Crippen LogP contribution in [-0.2, 0) is 11.0 Å². The first-order chi connectivity index (χ1) is 9.65. The maximum atomic E-state index is 12.7. The maximum Gasteiger partial charge on any atom is 0.416 e. The van der Waals surface area contributed by atoms with E-state index in [-0.39, 0.29) is 17.7 Å². The zero-order valence-corrected chi connectivity index (χ0v) is 11.1. The van der Waals surface area contributed by atoms with Crippen LogP contribution in [0, 0.1) is 0 Å². The Labute approximate surface area is 118 Å². The molecule has 6 N–H and O–H groups in total. The van der Waals surface area contributed by atoms with E-state index in [0.717, 1.165) is 12.1 Å². The lowest BCUT2D eigenvalue weighted by Gasteiger charge is -2.16. The summed E-state index contributed by atoms with van der Waals surface area (Å²) >= 11 is 0. The van der Waals surface area contributed by atoms with Gasteiger partial charge in [0.1, 0.15) is 0 Å². The number of hydrazine groups is 1. The van der Waals surface area contributed by atoms with Gasteiger partial charge in [0.05, 0.1) is 16.8 Å². The molecule has 0 aliphatic rings. The Morgan fingerprint density at radius 3 is 2.43 bits per heavy atom. The van der Waals surface area contributed by atoms with E-state index < -0.39 is 29.6 Å². The molecule has 116 valence electrons. The third-order valence-electron chi connectivity index (χ3n) is 2.63. The Balaban J connectivity index is 3.04. The minimum atomic E-state index is -4.58. The fraction of sp³-hybridized carbons (Fsp3) is 0.333. The molecule has 9 heteroatoms. The van der Waals surface area contributed by atoms with E-state index in [4.69, 9.17) is 11.6 Å². The first-order valence-corrected chi connectivity index (χ1v) is 5.92. The van der Waals surface area contributed by atoms with E-state index >= 15 is 0 Å². The molecule has 1 aromatic carbocycles. The van der Waals surface area contributed by atoms with Gasteiger partial charge in [-0.2, -0.15) is 13.2 Å². The summed E-state index contributed by atoms with van der Waals surface area (Å²) in [6, 6.07) is 1.92. The standard InChI is InChI=1S/C12H15F3N4O2/c1-6(4-10(16)20)18-11(21)8-5-7(12(13,14)15)2-3-9(8)19-17/h2-3,5-6,19H,4,17H2,1H3,(H2,16,20)(H,18,21). The van der Waals surface area contributed by atoms with Gasteiger partial charge in [-0.05, 0) is 25.1 Å². The average Bonchev–Trinajstić information content (AvgIpc) is 2.35. The number of halogens is 3. The van der Waals surface area contributed by atoms with Crippen LogP contribution in [0.15, 0.2) is 18.2 Å². The molecule has 0 heterocycles. The largest absolute Gasteiger partial charge is 0.416 e. The highest BCUT2D eigenvalue weighted by Gasteiger charge is 2.31. The zero-order valence-electron chi connectivity index (χ0n) is 11.1. The van der Waals surface area contributed by atoms with Crippen molar-refractivity contribution in [2.75, 3.05) is 5.43 Å². The van der Waals surface area contributed by atoms with Gasteiger partial charge in [-0.1, -0.05) is 0 Å². The van der Waals surface area contributed by atoms with E-state index in [1.807, 2.05) is 0 Å². The van der Waals surface area contributed by atoms with Gasteiger partial charge in [-0.25, -0.2) is 0 Å². The van der Waals surface area contributed by atoms with Crippen molar-refractivity contribution in [2.24, 2.45) is 11.6 Å². The smallest absolute Gasteiger partial charge is 0.370 e. The van der Waals surface area contributed by atoms with Gasteiger partial charge < -0.3 is 16.5 Å². The van der Waals surface area contributed by atoms with E-state index in [1.54, 1.807) is 0 Å². The second-order valence-electron chi connectivity index (χ2n) is 4.45. The highest BCUT2D eigenvalue weighted by Crippen LogP contribution is 2.31. The highest BCUT2D eigenvalue weighted by atomic mass is 19.4. The number of alkyl halides is 3. The Hall–Kier alpha value is -2.29. The van der Waals surface area contributed by atoms with Crippen LogP contribution in [-0.4, -0.2) is 17.9 Å². The number of carbonyl (C=O) groups is 2. The molecule has 1 unspecified atom stereocenters. The number of hydrogen-bond donors (Lipinski definition) is 4. The quantitative estimate of drug-likeness (QED) is 0.480. The van der Waals surface area contributed by atoms with Crippen LogP contribution in [0.4, 0.5) is 18.9 Å². The number of nitrogen functional groups attached to an aromatic ring is 1. The molecule has 21 heavy (non-hydrogen) atoms. The predicted octanol–water partition coefficient (Wildman–Crippen LogP) is 0.985. The molecule has 0 aliphatic carbocycles. The molecule has 0 saturated heterocycles. The number of rotatable bonds is 5. The molecule has 0 fully saturated rings. The van der Waals surface area contributed by atoms with Crippen molar-refractivity contribution >= 4 is 17.5 Å². The molecule has 0 aromatic heterocycles. The Morgan fingerprint density at radius 1 is 1.33 bits per heavy atom. The molecule has 1 rings (SSSR count). The Bertz CT molecular complexity index is 546. The zero-order chi connectivity index (χ0) is 16.2. The third kappa shape index (κ3) is 4.63. The number of anilines is 1. The van der Waals surface area contributed by atoms with Crippen LogP contribution < -0.4 is 22.3 Å². The summed E-state index contributed by atoms with van der Waals surface area (Å²) in [5, 5.41) is 2.38. The monoisotopic (exact) mass is 304 g/mol. The Morgan fingerprint density at radius 2 is 1.95 bits per heavy atom. The van der Waals surface area contributed by atoms with E-state index in [0.29, 0.717) is 6.07 Å². The summed E-state index contributed by atoms with van der Waals surface area (Å²) in [4.78, 5) is 22.7. The number of amides is 2. The summed E-state index contributed by atoms with van der Waals surface area (Å²) in [6.45, 7) is 1.51. The SMILES string of the molecule is CC(CC(N)=O)NC(=O)c1cc(C(F)(F)F)ccc1NN. The second kappa shape index (κ2) is 6.44. The van der Waals surface area contributed by atoms with Crippen molar-refractivity contribution in [3.05, 3.63) is 29.3 Å². The molecule has 0 saturated carbocycles. The predicted molar refractivity (Wildman–Crippen MR) is 70.0 cm³/mol. The molecule has 6 nitrogen and oxygen atoms in total. The van der Waals surface area contributed by atoms with E-state index in [1.165, 1.54) is 6.92 Å². The number of carbonyl (C=O) groups excluding carboxylic acids is 2. The molecule has 0 bridgehead atoms. The van der Waals surface area contributed by atoms with Crippen LogP contribution in [0.25, 0.3) is 0 Å². The van der Waals surface area contributed by atoms with Crippen LogP contribution in [0.1, 0.15) is 29.3 Å². The van der Waals surface area contributed by atoms with Crippen molar-refractivity contribution in [1.82, 2.24) is 5.32 Å². The minimum absolute atomic E-state index is 0.0341. The summed E-state index contributed by atoms with van der Waals surface area (Å²) in [7, 11) is 0. The molecule has 0 aliphatic heterocycles. The first kappa shape index (κ1) is 16.8. The number of nitrogens with two attached hydrogens (primary N) is 2. The number of nitrogens with one attached hydrogen (secondary N) is 2. The molecule has 0 spiro atoms. The maximum absolute atomic E-state index is 12.7. The lowest BCUT2D eigenvalue weighted by Crippen LogP contribution is -2.36. The van der Waals surface area contributed by atoms with Gasteiger partial charge in [0.25, 0.3) is 5.91 Å². The molecular formula is C12H15F3N4O2. The molecule has 0 radical (unpaired) electrons. The van der Waals surface area contributed by atoms with Crippen molar-refractivity contribution < 1.29 is 22.8 Å². The number of benzene rings is 1. The molecule has 1 atom stereocenters. The third-order valence-corrected chi connectivity index (χ3v) is 2.63. The summed E-state index contributed by atoms with van der Waals surface area (Å²) in [6.07, 6.45) is -4.71. The van der Waals surface area contributed by atoms with Crippen molar-refractivity contribution in [1.29, 1.82) is 0 Å². The van der Waals surface area contributed by atoms with Crippen LogP contribution >= 0.6 is 0 Å². The molecule has 1 aromatic rings. The van der Waals surface area contributed by atoms with Crippen LogP contribution in [0.2, 0.25) is 0 Å². The fourth-order valence-electron chi connectivity index (χ4n) is 1.69. The van der Waals surface area contributed by atoms with Gasteiger partial charge in [0.2, 0.25) is 5.91 Å². The van der Waals surface area contributed by atoms with Crippen molar-refractivity contribution in [3.8, 4) is 0 Å². The summed E-state index contributed by atoms with van der Waals surface area (Å²) < 4.78 is 38.0. The van der Waals surface area contributed by atoms with Crippen molar-refractivity contribution in [3.63, 3.8) is 0 Å². The second-order valence-corrected chi connectivity index (χ2v) is 4.45. The highest BCUT2D eigenvalue weighted by molar-refractivity contribution is 6.00. The van der Waals surface area contributed by atoms with E-state index in [9.17, 15) is 22.8 Å². The molecular weight excluding hydrogens is 289 g/mol. The topological polar surface area (TPSA) is 110 Å². The van der Waals surface area contributed by atoms with Crippen molar-refractivity contribution in [2.45, 2.75) is 25.6 Å². The molecule has 2 amide bonds. The number of primary amides is 1. The van der Waals surface area contributed by atoms with Gasteiger partial charge in [-0.15, -0.1) is 0 Å². The average molecular weight is 304 g/mol. The van der Waals surface area contributed by atoms with Gasteiger partial charge in [0.15, 0.2) is 0 Å². The lowest BCUT2D eigenvalue weighted by atomic mass is 10.1. The van der Waals surface area contributed by atoms with Crippen LogP contribution in [0.5, 0.6) is 0 Å². The van der Waals surface area contributed by atoms with Gasteiger partial charge in [-0.3, -0.25) is 15.4 Å². The van der Waals surface area contributed by atoms with Gasteiger partial charge in [0, 0.05) is 12.5 Å². The normalized spacial score (nSPS) is 12.6. The van der Waals surface area contributed by atoms with Gasteiger partial charge >= 0.3 is 6.18 Å². The summed E-state index contributed by atoms with van der Waals surface area (Å²) in [5.41, 5.74) is 5.91. The number of hydrogen-bond acceptors (Lipinski definition) is 4.